The third kappa shape index (κ3) is 4.34. The van der Waals surface area contributed by atoms with E-state index in [1.54, 1.807) is 13.2 Å². The highest BCUT2D eigenvalue weighted by Gasteiger charge is 2.28. The number of nitrogens with one attached hydrogen (secondary N) is 1. The monoisotopic (exact) mass is 317 g/mol. The number of methoxy groups -OCH3 is 1. The molecule has 0 bridgehead atoms. The van der Waals surface area contributed by atoms with Crippen LogP contribution in [0.3, 0.4) is 0 Å². The Balaban J connectivity index is 2.02. The van der Waals surface area contributed by atoms with Crippen molar-refractivity contribution in [3.63, 3.8) is 0 Å². The van der Waals surface area contributed by atoms with Gasteiger partial charge in [-0.2, -0.15) is 0 Å². The third-order valence-electron chi connectivity index (χ3n) is 3.60. The Morgan fingerprint density at radius 3 is 3.00 bits per heavy atom. The number of rotatable bonds is 6. The molecule has 1 fully saturated rings. The van der Waals surface area contributed by atoms with E-state index < -0.39 is 0 Å². The number of benzene rings is 1. The Morgan fingerprint density at radius 1 is 1.40 bits per heavy atom. The Kier molecular flexibility index (Phi) is 6.59. The number of hydrogen-bond donors (Lipinski definition) is 1. The number of ether oxygens (including phenoxy) is 2. The van der Waals surface area contributed by atoms with Gasteiger partial charge >= 0.3 is 0 Å². The SMILES string of the molecule is COCCNCC1CCCOC1c1ccc(Cl)cc1Cl. The molecule has 1 aromatic carbocycles. The van der Waals surface area contributed by atoms with Gasteiger partial charge in [-0.25, -0.2) is 0 Å². The van der Waals surface area contributed by atoms with Gasteiger partial charge in [-0.05, 0) is 30.5 Å². The molecule has 112 valence electrons. The molecule has 3 nitrogen and oxygen atoms in total. The molecule has 20 heavy (non-hydrogen) atoms. The van der Waals surface area contributed by atoms with Crippen LogP contribution >= 0.6 is 23.2 Å². The molecule has 0 saturated carbocycles. The van der Waals surface area contributed by atoms with E-state index in [-0.39, 0.29) is 6.10 Å². The van der Waals surface area contributed by atoms with Crippen LogP contribution in [-0.4, -0.2) is 33.4 Å². The van der Waals surface area contributed by atoms with E-state index in [2.05, 4.69) is 5.32 Å². The second kappa shape index (κ2) is 8.20. The first-order valence-corrected chi connectivity index (χ1v) is 7.74. The molecule has 1 heterocycles. The van der Waals surface area contributed by atoms with E-state index >= 15 is 0 Å². The molecule has 0 radical (unpaired) electrons. The largest absolute Gasteiger partial charge is 0.383 e. The molecule has 0 amide bonds. The third-order valence-corrected chi connectivity index (χ3v) is 4.17. The van der Waals surface area contributed by atoms with Crippen LogP contribution in [-0.2, 0) is 9.47 Å². The van der Waals surface area contributed by atoms with E-state index in [1.165, 1.54) is 0 Å². The van der Waals surface area contributed by atoms with Crippen LogP contribution in [0, 0.1) is 5.92 Å². The first kappa shape index (κ1) is 16.1. The van der Waals surface area contributed by atoms with Gasteiger partial charge in [0.2, 0.25) is 0 Å². The van der Waals surface area contributed by atoms with Crippen molar-refractivity contribution >= 4 is 23.2 Å². The summed E-state index contributed by atoms with van der Waals surface area (Å²) in [5.41, 5.74) is 1.04. The number of hydrogen-bond acceptors (Lipinski definition) is 3. The van der Waals surface area contributed by atoms with Crippen molar-refractivity contribution in [3.05, 3.63) is 33.8 Å². The van der Waals surface area contributed by atoms with Crippen molar-refractivity contribution in [2.75, 3.05) is 33.4 Å². The molecular formula is C15H21Cl2NO2. The summed E-state index contributed by atoms with van der Waals surface area (Å²) in [5.74, 6) is 0.430. The summed E-state index contributed by atoms with van der Waals surface area (Å²) < 4.78 is 11.0. The molecule has 1 N–H and O–H groups in total. The second-order valence-electron chi connectivity index (χ2n) is 5.06. The molecule has 1 aromatic rings. The van der Waals surface area contributed by atoms with Crippen molar-refractivity contribution in [3.8, 4) is 0 Å². The van der Waals surface area contributed by atoms with Crippen LogP contribution in [0.2, 0.25) is 10.0 Å². The van der Waals surface area contributed by atoms with Gasteiger partial charge in [-0.3, -0.25) is 0 Å². The quantitative estimate of drug-likeness (QED) is 0.811. The number of halogens is 2. The molecule has 1 aliphatic rings. The summed E-state index contributed by atoms with van der Waals surface area (Å²) in [6.07, 6.45) is 2.28. The van der Waals surface area contributed by atoms with Crippen molar-refractivity contribution in [1.82, 2.24) is 5.32 Å². The van der Waals surface area contributed by atoms with Gasteiger partial charge in [0.05, 0.1) is 12.7 Å². The van der Waals surface area contributed by atoms with E-state index in [9.17, 15) is 0 Å². The highest BCUT2D eigenvalue weighted by Crippen LogP contribution is 2.37. The summed E-state index contributed by atoms with van der Waals surface area (Å²) in [7, 11) is 1.71. The molecule has 2 atom stereocenters. The van der Waals surface area contributed by atoms with Gasteiger partial charge in [0.25, 0.3) is 0 Å². The fourth-order valence-corrected chi connectivity index (χ4v) is 3.11. The van der Waals surface area contributed by atoms with Crippen molar-refractivity contribution in [2.45, 2.75) is 18.9 Å². The summed E-state index contributed by atoms with van der Waals surface area (Å²) in [4.78, 5) is 0. The summed E-state index contributed by atoms with van der Waals surface area (Å²) >= 11 is 12.3. The van der Waals surface area contributed by atoms with Crippen LogP contribution in [0.25, 0.3) is 0 Å². The highest BCUT2D eigenvalue weighted by molar-refractivity contribution is 6.35. The van der Waals surface area contributed by atoms with Gasteiger partial charge in [0.1, 0.15) is 0 Å². The molecule has 1 saturated heterocycles. The van der Waals surface area contributed by atoms with Crippen molar-refractivity contribution < 1.29 is 9.47 Å². The van der Waals surface area contributed by atoms with Gasteiger partial charge in [-0.15, -0.1) is 0 Å². The van der Waals surface area contributed by atoms with Crippen molar-refractivity contribution in [1.29, 1.82) is 0 Å². The fraction of sp³-hybridized carbons (Fsp3) is 0.600. The topological polar surface area (TPSA) is 30.5 Å². The van der Waals surface area contributed by atoms with Gasteiger partial charge in [-0.1, -0.05) is 29.3 Å². The van der Waals surface area contributed by atoms with Crippen LogP contribution < -0.4 is 5.32 Å². The molecule has 0 aromatic heterocycles. The smallest absolute Gasteiger partial charge is 0.0879 e. The lowest BCUT2D eigenvalue weighted by molar-refractivity contribution is -0.0279. The molecule has 2 unspecified atom stereocenters. The maximum Gasteiger partial charge on any atom is 0.0879 e. The minimum absolute atomic E-state index is 0.0450. The lowest BCUT2D eigenvalue weighted by atomic mass is 9.89. The Hall–Kier alpha value is -0.320. The normalized spacial score (nSPS) is 22.9. The van der Waals surface area contributed by atoms with Gasteiger partial charge < -0.3 is 14.8 Å². The predicted molar refractivity (Wildman–Crippen MR) is 82.6 cm³/mol. The zero-order chi connectivity index (χ0) is 14.4. The molecule has 1 aliphatic heterocycles. The summed E-state index contributed by atoms with van der Waals surface area (Å²) in [6, 6.07) is 5.63. The van der Waals surface area contributed by atoms with Crippen LogP contribution in [0.1, 0.15) is 24.5 Å². The van der Waals surface area contributed by atoms with E-state index in [4.69, 9.17) is 32.7 Å². The zero-order valence-corrected chi connectivity index (χ0v) is 13.2. The van der Waals surface area contributed by atoms with Crippen LogP contribution in [0.5, 0.6) is 0 Å². The molecule has 2 rings (SSSR count). The van der Waals surface area contributed by atoms with Gasteiger partial charge in [0, 0.05) is 42.8 Å². The predicted octanol–water partition coefficient (Wildman–Crippen LogP) is 3.70. The Bertz CT molecular complexity index is 428. The maximum absolute atomic E-state index is 6.31. The van der Waals surface area contributed by atoms with Crippen molar-refractivity contribution in [2.24, 2.45) is 5.92 Å². The lowest BCUT2D eigenvalue weighted by Crippen LogP contribution is -2.33. The van der Waals surface area contributed by atoms with Gasteiger partial charge in [0.15, 0.2) is 0 Å². The zero-order valence-electron chi connectivity index (χ0n) is 11.7. The maximum atomic E-state index is 6.31. The lowest BCUT2D eigenvalue weighted by Gasteiger charge is -2.33. The van der Waals surface area contributed by atoms with E-state index in [0.717, 1.165) is 44.7 Å². The summed E-state index contributed by atoms with van der Waals surface area (Å²) in [5, 5.41) is 4.76. The minimum atomic E-state index is 0.0450. The van der Waals surface area contributed by atoms with Crippen LogP contribution in [0.4, 0.5) is 0 Å². The molecule has 0 aliphatic carbocycles. The molecule has 0 spiro atoms. The first-order valence-electron chi connectivity index (χ1n) is 6.98. The first-order chi connectivity index (χ1) is 9.72. The average molecular weight is 318 g/mol. The van der Waals surface area contributed by atoms with Crippen LogP contribution in [0.15, 0.2) is 18.2 Å². The molecule has 5 heteroatoms. The average Bonchev–Trinajstić information content (AvgIpc) is 2.44. The fourth-order valence-electron chi connectivity index (χ4n) is 2.59. The minimum Gasteiger partial charge on any atom is -0.383 e. The standard InChI is InChI=1S/C15H21Cl2NO2/c1-19-8-6-18-10-11-3-2-7-20-15(11)13-5-4-12(16)9-14(13)17/h4-5,9,11,15,18H,2-3,6-8,10H2,1H3. The Labute approximate surface area is 130 Å². The summed E-state index contributed by atoms with van der Waals surface area (Å²) in [6.45, 7) is 3.28. The second-order valence-corrected chi connectivity index (χ2v) is 5.90. The van der Waals surface area contributed by atoms with E-state index in [0.29, 0.717) is 16.0 Å². The molecular weight excluding hydrogens is 297 g/mol. The highest BCUT2D eigenvalue weighted by atomic mass is 35.5. The Morgan fingerprint density at radius 2 is 2.25 bits per heavy atom. The van der Waals surface area contributed by atoms with E-state index in [1.807, 2.05) is 12.1 Å².